The van der Waals surface area contributed by atoms with Crippen molar-refractivity contribution >= 4 is 5.91 Å². The van der Waals surface area contributed by atoms with E-state index in [9.17, 15) is 4.79 Å². The highest BCUT2D eigenvalue weighted by atomic mass is 16.1. The Morgan fingerprint density at radius 3 is 2.46 bits per heavy atom. The van der Waals surface area contributed by atoms with Crippen LogP contribution in [0.4, 0.5) is 0 Å². The number of carbonyl (C=O) groups excluding carboxylic acids is 1. The number of unbranched alkanes of at least 4 members (excludes halogenated alkanes) is 6. The fraction of sp³-hybridized carbons (Fsp3) is 0.750. The third kappa shape index (κ3) is 17.2. The minimum atomic E-state index is 0.00299. The van der Waals surface area contributed by atoms with Crippen LogP contribution >= 0.6 is 0 Å². The lowest BCUT2D eigenvalue weighted by atomic mass is 10.1. The highest BCUT2D eigenvalue weighted by Gasteiger charge is 1.96. The van der Waals surface area contributed by atoms with Crippen LogP contribution < -0.4 is 16.4 Å². The van der Waals surface area contributed by atoms with E-state index in [1.165, 1.54) is 32.1 Å². The molecule has 0 fully saturated rings. The van der Waals surface area contributed by atoms with Gasteiger partial charge in [-0.25, -0.2) is 0 Å². The molecule has 4 heteroatoms. The molecule has 0 spiro atoms. The summed E-state index contributed by atoms with van der Waals surface area (Å²) in [6.07, 6.45) is 16.7. The lowest BCUT2D eigenvalue weighted by Crippen LogP contribution is -2.26. The Labute approximate surface area is 149 Å². The van der Waals surface area contributed by atoms with Gasteiger partial charge in [0.25, 0.3) is 0 Å². The molecule has 0 aromatic rings. The molecular formula is C20H39N3O. The first kappa shape index (κ1) is 22.9. The van der Waals surface area contributed by atoms with Crippen LogP contribution in [0.3, 0.4) is 0 Å². The first-order valence-corrected chi connectivity index (χ1v) is 9.74. The van der Waals surface area contributed by atoms with Crippen molar-refractivity contribution in [2.75, 3.05) is 26.2 Å². The molecule has 0 aromatic carbocycles. The van der Waals surface area contributed by atoms with Crippen molar-refractivity contribution in [2.24, 2.45) is 5.73 Å². The highest BCUT2D eigenvalue weighted by Crippen LogP contribution is 2.06. The van der Waals surface area contributed by atoms with E-state index < -0.39 is 0 Å². The average molecular weight is 338 g/mol. The maximum absolute atomic E-state index is 11.8. The molecule has 0 unspecified atom stereocenters. The number of hydrogen-bond acceptors (Lipinski definition) is 3. The average Bonchev–Trinajstić information content (AvgIpc) is 2.56. The van der Waals surface area contributed by atoms with Gasteiger partial charge in [0.15, 0.2) is 0 Å². The normalized spacial score (nSPS) is 12.0. The first-order valence-electron chi connectivity index (χ1n) is 9.74. The quantitative estimate of drug-likeness (QED) is 0.229. The minimum Gasteiger partial charge on any atom is -0.352 e. The summed E-state index contributed by atoms with van der Waals surface area (Å²) in [7, 11) is 0. The van der Waals surface area contributed by atoms with E-state index in [0.29, 0.717) is 6.54 Å². The summed E-state index contributed by atoms with van der Waals surface area (Å²) in [5, 5.41) is 6.28. The maximum Gasteiger partial charge on any atom is 0.244 e. The number of hydrogen-bond donors (Lipinski definition) is 3. The summed E-state index contributed by atoms with van der Waals surface area (Å²) < 4.78 is 0. The molecule has 0 bridgehead atoms. The minimum absolute atomic E-state index is 0.00299. The zero-order chi connectivity index (χ0) is 17.9. The molecule has 0 radical (unpaired) electrons. The fourth-order valence-corrected chi connectivity index (χ4v) is 2.39. The summed E-state index contributed by atoms with van der Waals surface area (Å²) in [5.41, 5.74) is 6.46. The molecule has 0 heterocycles. The number of nitrogens with one attached hydrogen (secondary N) is 2. The largest absolute Gasteiger partial charge is 0.352 e. The van der Waals surface area contributed by atoms with Crippen molar-refractivity contribution in [1.29, 1.82) is 0 Å². The predicted octanol–water partition coefficient (Wildman–Crippen LogP) is 3.68. The molecule has 4 N–H and O–H groups in total. The molecule has 0 atom stereocenters. The molecule has 24 heavy (non-hydrogen) atoms. The summed E-state index contributed by atoms with van der Waals surface area (Å²) in [6, 6.07) is 0. The number of allylic oxidation sites excluding steroid dienone is 3. The van der Waals surface area contributed by atoms with E-state index in [0.717, 1.165) is 50.9 Å². The van der Waals surface area contributed by atoms with Gasteiger partial charge in [0, 0.05) is 12.6 Å². The molecule has 0 aromatic heterocycles. The molecule has 1 amide bonds. The number of rotatable bonds is 16. The van der Waals surface area contributed by atoms with E-state index >= 15 is 0 Å². The second-order valence-corrected chi connectivity index (χ2v) is 6.38. The van der Waals surface area contributed by atoms with Gasteiger partial charge < -0.3 is 16.4 Å². The second-order valence-electron chi connectivity index (χ2n) is 6.38. The van der Waals surface area contributed by atoms with Crippen LogP contribution in [0.1, 0.15) is 71.6 Å². The lowest BCUT2D eigenvalue weighted by molar-refractivity contribution is -0.116. The van der Waals surface area contributed by atoms with E-state index in [1.807, 2.05) is 6.92 Å². The van der Waals surface area contributed by atoms with Gasteiger partial charge in [-0.1, -0.05) is 44.8 Å². The van der Waals surface area contributed by atoms with Gasteiger partial charge in [-0.2, -0.15) is 0 Å². The van der Waals surface area contributed by atoms with Gasteiger partial charge in [0.05, 0.1) is 0 Å². The number of carbonyl (C=O) groups is 1. The topological polar surface area (TPSA) is 67.2 Å². The highest BCUT2D eigenvalue weighted by molar-refractivity contribution is 5.88. The van der Waals surface area contributed by atoms with Gasteiger partial charge >= 0.3 is 0 Å². The Hall–Kier alpha value is -1.13. The summed E-state index contributed by atoms with van der Waals surface area (Å²) in [5.74, 6) is 0.00299. The molecule has 0 aliphatic heterocycles. The van der Waals surface area contributed by atoms with Gasteiger partial charge in [0.1, 0.15) is 0 Å². The summed E-state index contributed by atoms with van der Waals surface area (Å²) >= 11 is 0. The van der Waals surface area contributed by atoms with Gasteiger partial charge in [0.2, 0.25) is 5.91 Å². The Balaban J connectivity index is 3.59. The number of amides is 1. The summed E-state index contributed by atoms with van der Waals surface area (Å²) in [4.78, 5) is 11.8. The Kier molecular flexibility index (Phi) is 17.4. The Morgan fingerprint density at radius 2 is 1.71 bits per heavy atom. The molecule has 0 aliphatic rings. The molecular weight excluding hydrogens is 298 g/mol. The monoisotopic (exact) mass is 337 g/mol. The molecule has 4 nitrogen and oxygen atoms in total. The zero-order valence-corrected chi connectivity index (χ0v) is 15.9. The van der Waals surface area contributed by atoms with Crippen molar-refractivity contribution < 1.29 is 4.79 Å². The third-order valence-corrected chi connectivity index (χ3v) is 3.85. The molecule has 0 saturated heterocycles. The van der Waals surface area contributed by atoms with Crippen molar-refractivity contribution in [1.82, 2.24) is 10.6 Å². The molecule has 0 aliphatic carbocycles. The van der Waals surface area contributed by atoms with E-state index in [1.54, 1.807) is 6.08 Å². The molecule has 0 saturated carbocycles. The van der Waals surface area contributed by atoms with Crippen LogP contribution in [-0.4, -0.2) is 32.1 Å². The fourth-order valence-electron chi connectivity index (χ4n) is 2.39. The second kappa shape index (κ2) is 18.2. The lowest BCUT2D eigenvalue weighted by Gasteiger charge is -2.05. The first-order chi connectivity index (χ1) is 11.7. The van der Waals surface area contributed by atoms with E-state index in [4.69, 9.17) is 5.73 Å². The Bertz CT molecular complexity index is 351. The van der Waals surface area contributed by atoms with Crippen LogP contribution in [-0.2, 0) is 4.79 Å². The molecule has 0 rings (SSSR count). The standard InChI is InChI=1S/C20H39N3O/c1-3-4-5-6-7-8-9-13-19(2)18-20(24)23-17-12-16-22-15-11-10-14-21/h9,13,18,22H,3-8,10-12,14-17,21H2,1-2H3,(H,23,24). The molecule has 140 valence electrons. The van der Waals surface area contributed by atoms with Crippen LogP contribution in [0, 0.1) is 0 Å². The van der Waals surface area contributed by atoms with E-state index in [2.05, 4.69) is 29.7 Å². The maximum atomic E-state index is 11.8. The smallest absolute Gasteiger partial charge is 0.244 e. The predicted molar refractivity (Wildman–Crippen MR) is 105 cm³/mol. The van der Waals surface area contributed by atoms with Crippen LogP contribution in [0.2, 0.25) is 0 Å². The van der Waals surface area contributed by atoms with Gasteiger partial charge in [-0.15, -0.1) is 0 Å². The zero-order valence-electron chi connectivity index (χ0n) is 15.9. The SMILES string of the molecule is CCCCCCCC=CC(C)=CC(=O)NCCCNCCCCN. The number of nitrogens with two attached hydrogens (primary N) is 1. The Morgan fingerprint density at radius 1 is 0.958 bits per heavy atom. The van der Waals surface area contributed by atoms with Crippen molar-refractivity contribution in [3.8, 4) is 0 Å². The summed E-state index contributed by atoms with van der Waals surface area (Å²) in [6.45, 7) is 7.63. The van der Waals surface area contributed by atoms with Crippen molar-refractivity contribution in [2.45, 2.75) is 71.6 Å². The van der Waals surface area contributed by atoms with Crippen LogP contribution in [0.5, 0.6) is 0 Å². The van der Waals surface area contributed by atoms with Gasteiger partial charge in [-0.05, 0) is 64.2 Å². The van der Waals surface area contributed by atoms with Crippen molar-refractivity contribution in [3.63, 3.8) is 0 Å². The van der Waals surface area contributed by atoms with Crippen molar-refractivity contribution in [3.05, 3.63) is 23.8 Å². The van der Waals surface area contributed by atoms with Crippen LogP contribution in [0.25, 0.3) is 0 Å². The van der Waals surface area contributed by atoms with Crippen LogP contribution in [0.15, 0.2) is 23.8 Å². The third-order valence-electron chi connectivity index (χ3n) is 3.85. The van der Waals surface area contributed by atoms with Gasteiger partial charge in [-0.3, -0.25) is 4.79 Å². The van der Waals surface area contributed by atoms with E-state index in [-0.39, 0.29) is 5.91 Å².